The van der Waals surface area contributed by atoms with E-state index >= 15 is 0 Å². The molecule has 3 rings (SSSR count). The molecule has 10 heteroatoms. The normalized spacial score (nSPS) is 12.2. The molecule has 8 nitrogen and oxygen atoms in total. The zero-order valence-corrected chi connectivity index (χ0v) is 20.3. The number of sulfone groups is 2. The molecule has 176 valence electrons. The fourth-order valence-electron chi connectivity index (χ4n) is 3.73. The van der Waals surface area contributed by atoms with Crippen LogP contribution in [0.25, 0.3) is 5.52 Å². The molecule has 0 aliphatic carbocycles. The lowest BCUT2D eigenvalue weighted by Crippen LogP contribution is -2.17. The highest BCUT2D eigenvalue weighted by Crippen LogP contribution is 2.36. The fourth-order valence-corrected chi connectivity index (χ4v) is 7.72. The number of rotatable bonds is 9. The molecule has 2 aromatic heterocycles. The van der Waals surface area contributed by atoms with Gasteiger partial charge >= 0.3 is 0 Å². The lowest BCUT2D eigenvalue weighted by atomic mass is 10.1. The zero-order chi connectivity index (χ0) is 24.6. The van der Waals surface area contributed by atoms with Gasteiger partial charge in [-0.15, -0.1) is 0 Å². The van der Waals surface area contributed by atoms with Crippen molar-refractivity contribution in [3.8, 4) is 0 Å². The molecule has 3 aromatic rings. The van der Waals surface area contributed by atoms with Crippen molar-refractivity contribution in [3.63, 3.8) is 0 Å². The molecule has 2 heterocycles. The van der Waals surface area contributed by atoms with Crippen LogP contribution in [0.5, 0.6) is 0 Å². The van der Waals surface area contributed by atoms with Crippen LogP contribution in [0.1, 0.15) is 58.7 Å². The Morgan fingerprint density at radius 2 is 1.33 bits per heavy atom. The monoisotopic (exact) mass is 490 g/mol. The Bertz CT molecular complexity index is 1450. The molecule has 0 aliphatic heterocycles. The van der Waals surface area contributed by atoms with Gasteiger partial charge in [0.2, 0.25) is 11.7 Å². The van der Waals surface area contributed by atoms with Crippen LogP contribution in [0, 0.1) is 6.92 Å². The van der Waals surface area contributed by atoms with E-state index in [2.05, 4.69) is 0 Å². The average Bonchev–Trinajstić information content (AvgIpc) is 3.10. The third-order valence-corrected chi connectivity index (χ3v) is 9.30. The summed E-state index contributed by atoms with van der Waals surface area (Å²) in [6, 6.07) is 9.13. The van der Waals surface area contributed by atoms with Gasteiger partial charge < -0.3 is 10.1 Å². The molecule has 0 bridgehead atoms. The largest absolute Gasteiger partial charge is 0.366 e. The van der Waals surface area contributed by atoms with Gasteiger partial charge in [-0.2, -0.15) is 0 Å². The molecule has 0 radical (unpaired) electrons. The lowest BCUT2D eigenvalue weighted by molar-refractivity contribution is 0.0995. The number of hydrogen-bond donors (Lipinski definition) is 1. The van der Waals surface area contributed by atoms with Gasteiger partial charge in [-0.3, -0.25) is 9.59 Å². The molecular weight excluding hydrogens is 464 g/mol. The number of benzene rings is 1. The van der Waals surface area contributed by atoms with Gasteiger partial charge in [0.15, 0.2) is 19.7 Å². The SMILES string of the molecule is CCCS(=O)(=O)c1c(S(=O)(=O)CCC)c2ccc(C(N)=O)cn2c1C(=O)c1ccc(C)cc1. The van der Waals surface area contributed by atoms with E-state index in [4.69, 9.17) is 5.73 Å². The number of amides is 1. The number of ketones is 1. The number of carbonyl (C=O) groups excluding carboxylic acids is 2. The minimum Gasteiger partial charge on any atom is -0.366 e. The predicted molar refractivity (Wildman–Crippen MR) is 125 cm³/mol. The fraction of sp³-hybridized carbons (Fsp3) is 0.304. The van der Waals surface area contributed by atoms with Gasteiger partial charge in [0.05, 0.1) is 22.6 Å². The molecule has 2 N–H and O–H groups in total. The summed E-state index contributed by atoms with van der Waals surface area (Å²) >= 11 is 0. The zero-order valence-electron chi connectivity index (χ0n) is 18.7. The summed E-state index contributed by atoms with van der Waals surface area (Å²) in [6.07, 6.45) is 1.70. The van der Waals surface area contributed by atoms with Gasteiger partial charge in [0.1, 0.15) is 15.5 Å². The highest BCUT2D eigenvalue weighted by molar-refractivity contribution is 7.94. The van der Waals surface area contributed by atoms with Crippen molar-refractivity contribution in [2.75, 3.05) is 11.5 Å². The first-order valence-corrected chi connectivity index (χ1v) is 13.8. The van der Waals surface area contributed by atoms with Crippen LogP contribution < -0.4 is 5.73 Å². The third-order valence-electron chi connectivity index (χ3n) is 5.22. The lowest BCUT2D eigenvalue weighted by Gasteiger charge is -2.09. The number of aromatic nitrogens is 1. The van der Waals surface area contributed by atoms with Gasteiger partial charge in [-0.1, -0.05) is 43.7 Å². The Balaban J connectivity index is 2.56. The van der Waals surface area contributed by atoms with Gasteiger partial charge in [-0.25, -0.2) is 16.8 Å². The van der Waals surface area contributed by atoms with E-state index in [-0.39, 0.29) is 46.7 Å². The van der Waals surface area contributed by atoms with E-state index in [1.165, 1.54) is 22.7 Å². The smallest absolute Gasteiger partial charge is 0.250 e. The number of fused-ring (bicyclic) bond motifs is 1. The number of pyridine rings is 1. The summed E-state index contributed by atoms with van der Waals surface area (Å²) in [5.41, 5.74) is 6.19. The van der Waals surface area contributed by atoms with Gasteiger partial charge in [0, 0.05) is 11.8 Å². The second-order valence-corrected chi connectivity index (χ2v) is 12.0. The van der Waals surface area contributed by atoms with Crippen molar-refractivity contribution >= 4 is 36.9 Å². The molecule has 0 saturated carbocycles. The second-order valence-electron chi connectivity index (χ2n) is 7.88. The Hall–Kier alpha value is -2.98. The maximum absolute atomic E-state index is 13.6. The highest BCUT2D eigenvalue weighted by atomic mass is 32.2. The summed E-state index contributed by atoms with van der Waals surface area (Å²) in [5, 5.41) is 0. The van der Waals surface area contributed by atoms with E-state index in [9.17, 15) is 26.4 Å². The number of carbonyl (C=O) groups is 2. The Kier molecular flexibility index (Phi) is 6.80. The quantitative estimate of drug-likeness (QED) is 0.459. The molecule has 0 aliphatic rings. The summed E-state index contributed by atoms with van der Waals surface area (Å²) in [4.78, 5) is 24.5. The summed E-state index contributed by atoms with van der Waals surface area (Å²) in [5.74, 6) is -2.10. The Labute approximate surface area is 193 Å². The predicted octanol–water partition coefficient (Wildman–Crippen LogP) is 2.95. The Morgan fingerprint density at radius 3 is 1.85 bits per heavy atom. The van der Waals surface area contributed by atoms with Crippen molar-refractivity contribution in [2.24, 2.45) is 5.73 Å². The summed E-state index contributed by atoms with van der Waals surface area (Å²) in [7, 11) is -8.24. The maximum Gasteiger partial charge on any atom is 0.250 e. The molecule has 1 amide bonds. The molecule has 0 saturated heterocycles. The van der Waals surface area contributed by atoms with Crippen molar-refractivity contribution in [3.05, 3.63) is 65.0 Å². The van der Waals surface area contributed by atoms with Crippen LogP contribution in [0.15, 0.2) is 52.4 Å². The van der Waals surface area contributed by atoms with Gasteiger partial charge in [-0.05, 0) is 31.9 Å². The first-order chi connectivity index (χ1) is 15.4. The van der Waals surface area contributed by atoms with Crippen LogP contribution >= 0.6 is 0 Å². The molecule has 0 atom stereocenters. The standard InChI is InChI=1S/C23H26N2O6S2/c1-4-12-32(28,29)21-18-11-10-17(23(24)27)14-25(18)19(22(21)33(30,31)13-5-2)20(26)16-8-6-15(3)7-9-16/h6-11,14H,4-5,12-13H2,1-3H3,(H2,24,27). The minimum atomic E-state index is -4.17. The molecule has 0 fully saturated rings. The molecule has 1 aromatic carbocycles. The van der Waals surface area contributed by atoms with Crippen molar-refractivity contribution in [1.29, 1.82) is 0 Å². The number of aryl methyl sites for hydroxylation is 1. The number of primary amides is 1. The third kappa shape index (κ3) is 4.58. The van der Waals surface area contributed by atoms with E-state index < -0.39 is 41.2 Å². The van der Waals surface area contributed by atoms with E-state index in [1.807, 2.05) is 6.92 Å². The molecule has 0 spiro atoms. The van der Waals surface area contributed by atoms with E-state index in [1.54, 1.807) is 38.1 Å². The molecular formula is C23H26N2O6S2. The second kappa shape index (κ2) is 9.11. The maximum atomic E-state index is 13.6. The highest BCUT2D eigenvalue weighted by Gasteiger charge is 2.37. The molecule has 33 heavy (non-hydrogen) atoms. The number of nitrogens with two attached hydrogens (primary N) is 1. The topological polar surface area (TPSA) is 133 Å². The van der Waals surface area contributed by atoms with Crippen LogP contribution in [0.2, 0.25) is 0 Å². The summed E-state index contributed by atoms with van der Waals surface area (Å²) in [6.45, 7) is 5.16. The van der Waals surface area contributed by atoms with Crippen molar-refractivity contribution < 1.29 is 26.4 Å². The Morgan fingerprint density at radius 1 is 0.818 bits per heavy atom. The minimum absolute atomic E-state index is 0.00864. The molecule has 0 unspecified atom stereocenters. The van der Waals surface area contributed by atoms with Crippen LogP contribution in [-0.2, 0) is 19.7 Å². The van der Waals surface area contributed by atoms with Gasteiger partial charge in [0.25, 0.3) is 0 Å². The first kappa shape index (κ1) is 24.7. The van der Waals surface area contributed by atoms with Crippen molar-refractivity contribution in [2.45, 2.75) is 43.4 Å². The van der Waals surface area contributed by atoms with Crippen LogP contribution in [-0.4, -0.2) is 44.4 Å². The average molecular weight is 491 g/mol. The first-order valence-electron chi connectivity index (χ1n) is 10.5. The van der Waals surface area contributed by atoms with Crippen LogP contribution in [0.3, 0.4) is 0 Å². The number of hydrogen-bond acceptors (Lipinski definition) is 6. The van der Waals surface area contributed by atoms with E-state index in [0.717, 1.165) is 5.56 Å². The number of nitrogens with zero attached hydrogens (tertiary/aromatic N) is 1. The van der Waals surface area contributed by atoms with Crippen molar-refractivity contribution in [1.82, 2.24) is 4.40 Å². The van der Waals surface area contributed by atoms with Crippen LogP contribution in [0.4, 0.5) is 0 Å². The summed E-state index contributed by atoms with van der Waals surface area (Å²) < 4.78 is 54.5. The van der Waals surface area contributed by atoms with E-state index in [0.29, 0.717) is 0 Å².